The second-order valence-corrected chi connectivity index (χ2v) is 9.41. The Morgan fingerprint density at radius 1 is 1.00 bits per heavy atom. The number of rotatable bonds is 0. The minimum Gasteiger partial charge on any atom is -0.299 e. The van der Waals surface area contributed by atoms with Gasteiger partial charge in [0.05, 0.1) is 5.41 Å². The highest BCUT2D eigenvalue weighted by Gasteiger charge is 2.55. The molecule has 0 N–H and O–H groups in total. The van der Waals surface area contributed by atoms with Gasteiger partial charge in [-0.1, -0.05) is 57.2 Å². The first-order valence-corrected chi connectivity index (χ1v) is 9.67. The Kier molecular flexibility index (Phi) is 2.98. The molecule has 0 aliphatic heterocycles. The topological polar surface area (TPSA) is 17.1 Å². The molecule has 1 spiro atoms. The third kappa shape index (κ3) is 2.05. The van der Waals surface area contributed by atoms with Gasteiger partial charge in [0.25, 0.3) is 0 Å². The first-order valence-electron chi connectivity index (χ1n) is 9.67. The van der Waals surface area contributed by atoms with Gasteiger partial charge in [0.15, 0.2) is 0 Å². The number of hydrogen-bond acceptors (Lipinski definition) is 1. The van der Waals surface area contributed by atoms with E-state index in [0.717, 1.165) is 12.8 Å². The van der Waals surface area contributed by atoms with E-state index >= 15 is 0 Å². The molecule has 3 aliphatic carbocycles. The molecule has 3 unspecified atom stereocenters. The zero-order valence-electron chi connectivity index (χ0n) is 15.4. The molecule has 0 saturated heterocycles. The third-order valence-corrected chi connectivity index (χ3v) is 6.92. The van der Waals surface area contributed by atoms with E-state index in [4.69, 9.17) is 0 Å². The van der Waals surface area contributed by atoms with Crippen LogP contribution in [0.3, 0.4) is 0 Å². The fraction of sp³-hybridized carbons (Fsp3) is 0.458. The van der Waals surface area contributed by atoms with E-state index in [1.54, 1.807) is 0 Å². The number of hydrogen-bond donors (Lipinski definition) is 0. The van der Waals surface area contributed by atoms with E-state index < -0.39 is 0 Å². The van der Waals surface area contributed by atoms with Crippen molar-refractivity contribution < 1.29 is 4.79 Å². The molecule has 0 amide bonds. The third-order valence-electron chi connectivity index (χ3n) is 6.92. The summed E-state index contributed by atoms with van der Waals surface area (Å²) in [6, 6.07) is 11.6. The molecule has 5 rings (SSSR count). The fourth-order valence-corrected chi connectivity index (χ4v) is 5.54. The van der Waals surface area contributed by atoms with E-state index in [9.17, 15) is 4.79 Å². The summed E-state index contributed by atoms with van der Waals surface area (Å²) in [5.74, 6) is 1.52. The Hall–Kier alpha value is -1.89. The van der Waals surface area contributed by atoms with Gasteiger partial charge in [-0.2, -0.15) is 0 Å². The Balaban J connectivity index is 1.72. The fourth-order valence-electron chi connectivity index (χ4n) is 5.54. The number of ketones is 1. The molecule has 0 heterocycles. The summed E-state index contributed by atoms with van der Waals surface area (Å²) in [6.45, 7) is 6.80. The van der Waals surface area contributed by atoms with Crippen LogP contribution in [0, 0.1) is 11.8 Å². The highest BCUT2D eigenvalue weighted by Crippen LogP contribution is 2.57. The lowest BCUT2D eigenvalue weighted by Crippen LogP contribution is -2.43. The molecule has 1 nitrogen and oxygen atoms in total. The summed E-state index contributed by atoms with van der Waals surface area (Å²) in [7, 11) is 0. The summed E-state index contributed by atoms with van der Waals surface area (Å²) in [6.07, 6.45) is 8.50. The molecule has 128 valence electrons. The first-order chi connectivity index (χ1) is 11.9. The van der Waals surface area contributed by atoms with Crippen molar-refractivity contribution in [2.24, 2.45) is 11.8 Å². The molecule has 0 aromatic heterocycles. The Bertz CT molecular complexity index is 927. The summed E-state index contributed by atoms with van der Waals surface area (Å²) in [4.78, 5) is 13.1. The van der Waals surface area contributed by atoms with E-state index in [1.165, 1.54) is 33.9 Å². The molecule has 3 atom stereocenters. The normalized spacial score (nSPS) is 30.4. The monoisotopic (exact) mass is 330 g/mol. The van der Waals surface area contributed by atoms with Crippen LogP contribution < -0.4 is 0 Å². The second-order valence-electron chi connectivity index (χ2n) is 9.41. The average Bonchev–Trinajstić information content (AvgIpc) is 3.18. The maximum atomic E-state index is 13.1. The maximum absolute atomic E-state index is 13.1. The zero-order chi connectivity index (χ0) is 17.4. The molecule has 1 heteroatoms. The summed E-state index contributed by atoms with van der Waals surface area (Å²) < 4.78 is 0. The van der Waals surface area contributed by atoms with Crippen molar-refractivity contribution in [1.29, 1.82) is 0 Å². The highest BCUT2D eigenvalue weighted by molar-refractivity contribution is 5.96. The summed E-state index contributed by atoms with van der Waals surface area (Å²) >= 11 is 0. The molecule has 1 saturated carbocycles. The van der Waals surface area contributed by atoms with Crippen LogP contribution in [-0.2, 0) is 22.0 Å². The van der Waals surface area contributed by atoms with Crippen LogP contribution in [0.4, 0.5) is 0 Å². The van der Waals surface area contributed by atoms with Gasteiger partial charge >= 0.3 is 0 Å². The van der Waals surface area contributed by atoms with Crippen LogP contribution in [0.25, 0.3) is 10.8 Å². The van der Waals surface area contributed by atoms with Crippen molar-refractivity contribution in [3.05, 3.63) is 59.2 Å². The molecule has 2 bridgehead atoms. The molecule has 0 radical (unpaired) electrons. The minimum atomic E-state index is -0.218. The number of allylic oxidation sites excluding steroid dienone is 2. The number of fused-ring (bicyclic) bond motifs is 6. The van der Waals surface area contributed by atoms with Gasteiger partial charge in [-0.05, 0) is 70.0 Å². The van der Waals surface area contributed by atoms with Gasteiger partial charge in [0, 0.05) is 6.42 Å². The van der Waals surface area contributed by atoms with Crippen LogP contribution in [-0.4, -0.2) is 5.78 Å². The Morgan fingerprint density at radius 2 is 1.84 bits per heavy atom. The zero-order valence-corrected chi connectivity index (χ0v) is 15.4. The molecule has 3 aliphatic rings. The van der Waals surface area contributed by atoms with Gasteiger partial charge in [0.2, 0.25) is 0 Å². The smallest absolute Gasteiger partial charge is 0.144 e. The number of carbonyl (C=O) groups excluding carboxylic acids is 1. The summed E-state index contributed by atoms with van der Waals surface area (Å²) in [5, 5.41) is 2.61. The number of benzene rings is 2. The second kappa shape index (κ2) is 4.84. The molecule has 2 aromatic carbocycles. The van der Waals surface area contributed by atoms with Gasteiger partial charge in [0.1, 0.15) is 5.78 Å². The first kappa shape index (κ1) is 15.4. The van der Waals surface area contributed by atoms with Gasteiger partial charge in [-0.25, -0.2) is 0 Å². The predicted molar refractivity (Wildman–Crippen MR) is 103 cm³/mol. The van der Waals surface area contributed by atoms with Crippen LogP contribution in [0.1, 0.15) is 56.7 Å². The number of Topliss-reactive ketones (excluding diaryl/α,β-unsaturated/α-hetero) is 1. The van der Waals surface area contributed by atoms with Crippen LogP contribution in [0.2, 0.25) is 0 Å². The Labute approximate surface area is 150 Å². The lowest BCUT2D eigenvalue weighted by atomic mass is 9.62. The lowest BCUT2D eigenvalue weighted by Gasteiger charge is -2.40. The quantitative estimate of drug-likeness (QED) is 0.584. The van der Waals surface area contributed by atoms with E-state index in [0.29, 0.717) is 24.0 Å². The molecule has 2 aromatic rings. The molecule has 25 heavy (non-hydrogen) atoms. The van der Waals surface area contributed by atoms with Gasteiger partial charge < -0.3 is 0 Å². The van der Waals surface area contributed by atoms with Crippen LogP contribution >= 0.6 is 0 Å². The van der Waals surface area contributed by atoms with Crippen LogP contribution in [0.5, 0.6) is 0 Å². The van der Waals surface area contributed by atoms with Crippen molar-refractivity contribution in [2.75, 3.05) is 0 Å². The van der Waals surface area contributed by atoms with E-state index in [1.807, 2.05) is 0 Å². The number of aryl methyl sites for hydroxylation is 1. The molecule has 1 fully saturated rings. The van der Waals surface area contributed by atoms with Crippen molar-refractivity contribution >= 4 is 16.6 Å². The SMILES string of the molecule is CC(C)(C)c1ccc2cc3c(cc2c1)CCC(=O)C31CC2C=CC1C2. The van der Waals surface area contributed by atoms with Crippen molar-refractivity contribution in [1.82, 2.24) is 0 Å². The van der Waals surface area contributed by atoms with Crippen molar-refractivity contribution in [3.63, 3.8) is 0 Å². The van der Waals surface area contributed by atoms with E-state index in [2.05, 4.69) is 63.3 Å². The molecular formula is C24H26O. The van der Waals surface area contributed by atoms with Crippen LogP contribution in [0.15, 0.2) is 42.5 Å². The van der Waals surface area contributed by atoms with Crippen molar-refractivity contribution in [2.45, 2.75) is 57.3 Å². The molecular weight excluding hydrogens is 304 g/mol. The van der Waals surface area contributed by atoms with Gasteiger partial charge in [-0.3, -0.25) is 4.79 Å². The summed E-state index contributed by atoms with van der Waals surface area (Å²) in [5.41, 5.74) is 4.08. The number of carbonyl (C=O) groups is 1. The largest absolute Gasteiger partial charge is 0.299 e. The lowest BCUT2D eigenvalue weighted by molar-refractivity contribution is -0.126. The Morgan fingerprint density at radius 3 is 2.52 bits per heavy atom. The van der Waals surface area contributed by atoms with E-state index in [-0.39, 0.29) is 10.8 Å². The average molecular weight is 330 g/mol. The van der Waals surface area contributed by atoms with Gasteiger partial charge in [-0.15, -0.1) is 0 Å². The standard InChI is InChI=1S/C24H26O/c1-23(2,3)19-8-5-16-13-21-17(11-18(16)12-19)6-9-22(25)24(21)14-15-4-7-20(24)10-15/h4-5,7-8,11-13,15,20H,6,9-10,14H2,1-3H3. The van der Waals surface area contributed by atoms with Crippen molar-refractivity contribution in [3.8, 4) is 0 Å². The minimum absolute atomic E-state index is 0.163. The maximum Gasteiger partial charge on any atom is 0.144 e. The predicted octanol–water partition coefficient (Wildman–Crippen LogP) is 5.49. The highest BCUT2D eigenvalue weighted by atomic mass is 16.1.